The summed E-state index contributed by atoms with van der Waals surface area (Å²) < 4.78 is 0. The fraction of sp³-hybridized carbons (Fsp3) is 0.333. The molecule has 1 aromatic carbocycles. The number of hydrogen-bond acceptors (Lipinski definition) is 2. The molecule has 1 heterocycles. The van der Waals surface area contributed by atoms with Crippen molar-refractivity contribution in [3.8, 4) is 5.75 Å². The summed E-state index contributed by atoms with van der Waals surface area (Å²) in [6.07, 6.45) is 3.36. The minimum atomic E-state index is 0. The van der Waals surface area contributed by atoms with Crippen molar-refractivity contribution in [2.45, 2.75) is 6.42 Å². The maximum atomic E-state index is 9.17. The molecular formula is C12H15ClNO-. The van der Waals surface area contributed by atoms with Gasteiger partial charge in [0.2, 0.25) is 0 Å². The van der Waals surface area contributed by atoms with Gasteiger partial charge >= 0.3 is 0 Å². The Morgan fingerprint density at radius 2 is 1.87 bits per heavy atom. The molecule has 1 aliphatic rings. The van der Waals surface area contributed by atoms with Crippen LogP contribution in [0, 0.1) is 0 Å². The van der Waals surface area contributed by atoms with Crippen molar-refractivity contribution in [2.24, 2.45) is 0 Å². The van der Waals surface area contributed by atoms with Gasteiger partial charge in [-0.15, -0.1) is 0 Å². The van der Waals surface area contributed by atoms with Crippen LogP contribution in [0.4, 0.5) is 0 Å². The van der Waals surface area contributed by atoms with E-state index in [-0.39, 0.29) is 12.4 Å². The molecule has 0 spiro atoms. The molecule has 0 fully saturated rings. The summed E-state index contributed by atoms with van der Waals surface area (Å²) in [4.78, 5) is 2.30. The number of phenolic OH excluding ortho intramolecular Hbond substituents is 1. The first kappa shape index (κ1) is 12.1. The molecular weight excluding hydrogens is 210 g/mol. The summed E-state index contributed by atoms with van der Waals surface area (Å²) in [5.74, 6) is 0.335. The molecule has 1 aliphatic heterocycles. The van der Waals surface area contributed by atoms with Gasteiger partial charge in [0.15, 0.2) is 0 Å². The predicted octanol–water partition coefficient (Wildman–Crippen LogP) is -0.885. The zero-order valence-electron chi connectivity index (χ0n) is 8.78. The molecule has 2 nitrogen and oxygen atoms in total. The Kier molecular flexibility index (Phi) is 4.18. The van der Waals surface area contributed by atoms with Gasteiger partial charge in [0.1, 0.15) is 5.75 Å². The van der Waals surface area contributed by atoms with E-state index >= 15 is 0 Å². The van der Waals surface area contributed by atoms with Gasteiger partial charge in [-0.3, -0.25) is 0 Å². The van der Waals surface area contributed by atoms with Gasteiger partial charge in [0, 0.05) is 13.1 Å². The van der Waals surface area contributed by atoms with E-state index in [0.717, 1.165) is 19.5 Å². The first-order chi connectivity index (χ1) is 6.75. The number of aromatic hydroxyl groups is 1. The number of hydrogen-bond donors (Lipinski definition) is 1. The van der Waals surface area contributed by atoms with Crippen LogP contribution < -0.4 is 12.4 Å². The number of phenols is 1. The summed E-state index contributed by atoms with van der Waals surface area (Å²) in [7, 11) is 2.13. The second-order valence-electron chi connectivity index (χ2n) is 3.79. The zero-order chi connectivity index (χ0) is 9.97. The Morgan fingerprint density at radius 1 is 1.20 bits per heavy atom. The molecule has 1 aromatic rings. The number of nitrogens with zero attached hydrogens (tertiary/aromatic N) is 1. The van der Waals surface area contributed by atoms with Crippen molar-refractivity contribution in [1.82, 2.24) is 4.90 Å². The summed E-state index contributed by atoms with van der Waals surface area (Å²) in [5.41, 5.74) is 2.62. The number of rotatable bonds is 1. The third-order valence-corrected chi connectivity index (χ3v) is 2.65. The molecule has 0 radical (unpaired) electrons. The van der Waals surface area contributed by atoms with Gasteiger partial charge in [-0.2, -0.15) is 0 Å². The van der Waals surface area contributed by atoms with Crippen LogP contribution in [0.5, 0.6) is 5.75 Å². The van der Waals surface area contributed by atoms with E-state index in [4.69, 9.17) is 5.11 Å². The molecule has 0 bridgehead atoms. The average Bonchev–Trinajstić information content (AvgIpc) is 2.21. The summed E-state index contributed by atoms with van der Waals surface area (Å²) in [5, 5.41) is 9.17. The molecule has 0 unspecified atom stereocenters. The quantitative estimate of drug-likeness (QED) is 0.670. The van der Waals surface area contributed by atoms with Gasteiger partial charge in [-0.25, -0.2) is 0 Å². The molecule has 3 heteroatoms. The largest absolute Gasteiger partial charge is 1.00 e. The van der Waals surface area contributed by atoms with Gasteiger partial charge < -0.3 is 22.4 Å². The second kappa shape index (κ2) is 5.19. The van der Waals surface area contributed by atoms with Gasteiger partial charge in [-0.1, -0.05) is 18.2 Å². The molecule has 0 aliphatic carbocycles. The van der Waals surface area contributed by atoms with Crippen LogP contribution >= 0.6 is 0 Å². The fourth-order valence-electron chi connectivity index (χ4n) is 1.71. The molecule has 1 N–H and O–H groups in total. The Balaban J connectivity index is 0.00000112. The van der Waals surface area contributed by atoms with Crippen LogP contribution in [0.1, 0.15) is 12.0 Å². The Hall–Kier alpha value is -0.990. The first-order valence-corrected chi connectivity index (χ1v) is 4.93. The highest BCUT2D eigenvalue weighted by Crippen LogP contribution is 2.23. The lowest BCUT2D eigenvalue weighted by molar-refractivity contribution is -0.00000391. The maximum absolute atomic E-state index is 9.17. The van der Waals surface area contributed by atoms with Crippen molar-refractivity contribution in [3.05, 3.63) is 35.9 Å². The third-order valence-electron chi connectivity index (χ3n) is 2.65. The van der Waals surface area contributed by atoms with E-state index in [9.17, 15) is 0 Å². The van der Waals surface area contributed by atoms with Crippen LogP contribution in [0.3, 0.4) is 0 Å². The van der Waals surface area contributed by atoms with E-state index in [1.54, 1.807) is 12.1 Å². The maximum Gasteiger partial charge on any atom is 0.115 e. The van der Waals surface area contributed by atoms with Crippen LogP contribution in [0.25, 0.3) is 5.57 Å². The molecule has 2 rings (SSSR count). The van der Waals surface area contributed by atoms with Gasteiger partial charge in [0.05, 0.1) is 0 Å². The third kappa shape index (κ3) is 2.98. The van der Waals surface area contributed by atoms with Crippen molar-refractivity contribution < 1.29 is 17.5 Å². The van der Waals surface area contributed by atoms with Crippen molar-refractivity contribution >= 4 is 5.57 Å². The van der Waals surface area contributed by atoms with Crippen LogP contribution in [-0.2, 0) is 0 Å². The van der Waals surface area contributed by atoms with Crippen molar-refractivity contribution in [1.29, 1.82) is 0 Å². The lowest BCUT2D eigenvalue weighted by Crippen LogP contribution is -3.00. The van der Waals surface area contributed by atoms with Crippen LogP contribution in [0.15, 0.2) is 30.3 Å². The molecule has 0 saturated heterocycles. The normalized spacial score (nSPS) is 16.7. The Labute approximate surface area is 96.6 Å². The zero-order valence-corrected chi connectivity index (χ0v) is 9.54. The highest BCUT2D eigenvalue weighted by atomic mass is 35.5. The summed E-state index contributed by atoms with van der Waals surface area (Å²) in [6, 6.07) is 7.45. The molecule has 15 heavy (non-hydrogen) atoms. The number of benzene rings is 1. The monoisotopic (exact) mass is 224 g/mol. The molecule has 0 atom stereocenters. The highest BCUT2D eigenvalue weighted by Gasteiger charge is 2.08. The topological polar surface area (TPSA) is 23.5 Å². The molecule has 0 saturated carbocycles. The standard InChI is InChI=1S/C12H15NO.ClH/c1-13-8-6-11(7-9-13)10-2-4-12(14)5-3-10;/h2-6,14H,7-9H2,1H3;1H/p-1. The van der Waals surface area contributed by atoms with Crippen molar-refractivity contribution in [3.63, 3.8) is 0 Å². The summed E-state index contributed by atoms with van der Waals surface area (Å²) in [6.45, 7) is 2.14. The van der Waals surface area contributed by atoms with Gasteiger partial charge in [0.25, 0.3) is 0 Å². The number of likely N-dealkylation sites (N-methyl/N-ethyl adjacent to an activating group) is 1. The van der Waals surface area contributed by atoms with E-state index < -0.39 is 0 Å². The van der Waals surface area contributed by atoms with Crippen LogP contribution in [0.2, 0.25) is 0 Å². The Morgan fingerprint density at radius 3 is 2.40 bits per heavy atom. The van der Waals surface area contributed by atoms with E-state index in [0.29, 0.717) is 5.75 Å². The second-order valence-corrected chi connectivity index (χ2v) is 3.79. The lowest BCUT2D eigenvalue weighted by Gasteiger charge is -2.22. The van der Waals surface area contributed by atoms with Crippen molar-refractivity contribution in [2.75, 3.05) is 20.1 Å². The lowest BCUT2D eigenvalue weighted by atomic mass is 10.00. The summed E-state index contributed by atoms with van der Waals surface area (Å²) >= 11 is 0. The minimum absolute atomic E-state index is 0. The van der Waals surface area contributed by atoms with Gasteiger partial charge in [-0.05, 0) is 36.7 Å². The fourth-order valence-corrected chi connectivity index (χ4v) is 1.71. The smallest absolute Gasteiger partial charge is 0.115 e. The van der Waals surface area contributed by atoms with Crippen LogP contribution in [-0.4, -0.2) is 30.1 Å². The Bertz CT molecular complexity index is 345. The molecule has 0 aromatic heterocycles. The van der Waals surface area contributed by atoms with E-state index in [2.05, 4.69) is 18.0 Å². The average molecular weight is 225 g/mol. The number of halogens is 1. The first-order valence-electron chi connectivity index (χ1n) is 4.93. The molecule has 0 amide bonds. The highest BCUT2D eigenvalue weighted by molar-refractivity contribution is 5.66. The van der Waals surface area contributed by atoms with E-state index in [1.165, 1.54) is 11.1 Å². The minimum Gasteiger partial charge on any atom is -1.00 e. The SMILES string of the molecule is CN1CC=C(c2ccc(O)cc2)CC1.[Cl-]. The molecule has 82 valence electrons. The van der Waals surface area contributed by atoms with E-state index in [1.807, 2.05) is 12.1 Å². The predicted molar refractivity (Wildman–Crippen MR) is 58.2 cm³/mol.